The van der Waals surface area contributed by atoms with Crippen molar-refractivity contribution in [2.24, 2.45) is 5.92 Å². The maximum absolute atomic E-state index is 13.0. The molecule has 13 heavy (non-hydrogen) atoms. The van der Waals surface area contributed by atoms with E-state index in [9.17, 15) is 9.18 Å². The quantitative estimate of drug-likeness (QED) is 0.649. The van der Waals surface area contributed by atoms with Gasteiger partial charge in [0.1, 0.15) is 12.1 Å². The van der Waals surface area contributed by atoms with Gasteiger partial charge in [-0.15, -0.1) is 11.8 Å². The lowest BCUT2D eigenvalue weighted by Crippen LogP contribution is -2.12. The molecule has 0 aromatic rings. The first-order chi connectivity index (χ1) is 6.11. The van der Waals surface area contributed by atoms with E-state index in [1.165, 1.54) is 11.8 Å². The molecule has 3 heteroatoms. The summed E-state index contributed by atoms with van der Waals surface area (Å²) >= 11 is 1.35. The second-order valence-corrected chi connectivity index (χ2v) is 4.11. The van der Waals surface area contributed by atoms with Gasteiger partial charge in [0.05, 0.1) is 5.25 Å². The fourth-order valence-corrected chi connectivity index (χ4v) is 2.59. The Kier molecular flexibility index (Phi) is 3.09. The van der Waals surface area contributed by atoms with Crippen LogP contribution in [-0.2, 0) is 4.79 Å². The summed E-state index contributed by atoms with van der Waals surface area (Å²) in [4.78, 5) is 11.3. The number of carbonyl (C=O) groups excluding carboxylic acids is 1. The van der Waals surface area contributed by atoms with Crippen molar-refractivity contribution in [1.82, 2.24) is 0 Å². The lowest BCUT2D eigenvalue weighted by molar-refractivity contribution is -0.107. The standard InChI is InChI=1S/C10H11FOS/c1-4-8-10(7(3)11)6(2)9(5-12)13-8/h4-6,9H,1,3H2,2H3. The molecule has 0 spiro atoms. The molecule has 1 aliphatic rings. The van der Waals surface area contributed by atoms with Gasteiger partial charge in [-0.1, -0.05) is 26.2 Å². The molecule has 0 N–H and O–H groups in total. The molecule has 70 valence electrons. The molecule has 2 unspecified atom stereocenters. The fourth-order valence-electron chi connectivity index (χ4n) is 1.39. The Hall–Kier alpha value is -0.830. The van der Waals surface area contributed by atoms with Gasteiger partial charge in [0.25, 0.3) is 0 Å². The molecule has 0 amide bonds. The van der Waals surface area contributed by atoms with Gasteiger partial charge in [-0.3, -0.25) is 0 Å². The average molecular weight is 198 g/mol. The van der Waals surface area contributed by atoms with Gasteiger partial charge in [0, 0.05) is 16.4 Å². The first kappa shape index (κ1) is 10.3. The van der Waals surface area contributed by atoms with Crippen LogP contribution >= 0.6 is 11.8 Å². The highest BCUT2D eigenvalue weighted by molar-refractivity contribution is 8.04. The first-order valence-electron chi connectivity index (χ1n) is 3.95. The largest absolute Gasteiger partial charge is 0.302 e. The monoisotopic (exact) mass is 198 g/mol. The van der Waals surface area contributed by atoms with Crippen molar-refractivity contribution in [3.05, 3.63) is 35.5 Å². The van der Waals surface area contributed by atoms with Crippen LogP contribution in [0.4, 0.5) is 4.39 Å². The van der Waals surface area contributed by atoms with Crippen LogP contribution in [0.1, 0.15) is 6.92 Å². The number of allylic oxidation sites excluding steroid dienone is 3. The Labute approximate surface area is 81.4 Å². The molecule has 0 bridgehead atoms. The Bertz CT molecular complexity index is 293. The number of halogens is 1. The van der Waals surface area contributed by atoms with Gasteiger partial charge < -0.3 is 4.79 Å². The highest BCUT2D eigenvalue weighted by Gasteiger charge is 2.32. The molecule has 0 fully saturated rings. The third-order valence-corrected chi connectivity index (χ3v) is 3.52. The van der Waals surface area contributed by atoms with Crippen molar-refractivity contribution in [3.8, 4) is 0 Å². The molecule has 0 radical (unpaired) electrons. The second kappa shape index (κ2) is 3.92. The smallest absolute Gasteiger partial charge is 0.133 e. The lowest BCUT2D eigenvalue weighted by Gasteiger charge is -2.09. The predicted molar refractivity (Wildman–Crippen MR) is 54.1 cm³/mol. The number of hydrogen-bond donors (Lipinski definition) is 0. The summed E-state index contributed by atoms with van der Waals surface area (Å²) in [5, 5.41) is -0.199. The van der Waals surface area contributed by atoms with Crippen molar-refractivity contribution in [2.45, 2.75) is 12.2 Å². The van der Waals surface area contributed by atoms with Crippen molar-refractivity contribution >= 4 is 18.0 Å². The Balaban J connectivity index is 3.04. The summed E-state index contributed by atoms with van der Waals surface area (Å²) in [5.41, 5.74) is 0.525. The van der Waals surface area contributed by atoms with Crippen LogP contribution < -0.4 is 0 Å². The zero-order valence-electron chi connectivity index (χ0n) is 7.42. The zero-order chi connectivity index (χ0) is 10.0. The summed E-state index contributed by atoms with van der Waals surface area (Å²) in [6.45, 7) is 8.65. The molecule has 1 nitrogen and oxygen atoms in total. The van der Waals surface area contributed by atoms with Gasteiger partial charge in [0.15, 0.2) is 0 Å². The SMILES string of the molecule is C=CC1=C(C(=C)F)C(C)C(C=O)S1. The van der Waals surface area contributed by atoms with Gasteiger partial charge in [-0.05, 0) is 0 Å². The number of hydrogen-bond acceptors (Lipinski definition) is 2. The third-order valence-electron chi connectivity index (χ3n) is 2.09. The number of aldehydes is 1. The van der Waals surface area contributed by atoms with E-state index < -0.39 is 5.83 Å². The van der Waals surface area contributed by atoms with Crippen molar-refractivity contribution in [2.75, 3.05) is 0 Å². The van der Waals surface area contributed by atoms with Crippen LogP contribution in [0.3, 0.4) is 0 Å². The Morgan fingerprint density at radius 3 is 2.62 bits per heavy atom. The van der Waals surface area contributed by atoms with Crippen LogP contribution in [-0.4, -0.2) is 11.5 Å². The summed E-state index contributed by atoms with van der Waals surface area (Å²) in [7, 11) is 0. The number of carbonyl (C=O) groups is 1. The summed E-state index contributed by atoms with van der Waals surface area (Å²) in [6.07, 6.45) is 2.42. The van der Waals surface area contributed by atoms with E-state index in [-0.39, 0.29) is 11.2 Å². The number of thioether (sulfide) groups is 1. The van der Waals surface area contributed by atoms with E-state index in [2.05, 4.69) is 13.2 Å². The first-order valence-corrected chi connectivity index (χ1v) is 4.83. The Morgan fingerprint density at radius 1 is 1.69 bits per heavy atom. The molecule has 0 aliphatic carbocycles. The zero-order valence-corrected chi connectivity index (χ0v) is 8.23. The second-order valence-electron chi connectivity index (χ2n) is 2.89. The topological polar surface area (TPSA) is 17.1 Å². The van der Waals surface area contributed by atoms with Crippen LogP contribution in [0, 0.1) is 5.92 Å². The van der Waals surface area contributed by atoms with Crippen LogP contribution in [0.15, 0.2) is 35.5 Å². The van der Waals surface area contributed by atoms with Crippen molar-refractivity contribution < 1.29 is 9.18 Å². The molecular weight excluding hydrogens is 187 g/mol. The lowest BCUT2D eigenvalue weighted by atomic mass is 9.97. The van der Waals surface area contributed by atoms with Crippen LogP contribution in [0.25, 0.3) is 0 Å². The molecule has 1 aliphatic heterocycles. The molecule has 0 aromatic heterocycles. The molecule has 2 atom stereocenters. The maximum atomic E-state index is 13.0. The van der Waals surface area contributed by atoms with Crippen LogP contribution in [0.2, 0.25) is 0 Å². The molecule has 1 rings (SSSR count). The van der Waals surface area contributed by atoms with Gasteiger partial charge >= 0.3 is 0 Å². The van der Waals surface area contributed by atoms with E-state index in [0.29, 0.717) is 5.57 Å². The minimum atomic E-state index is -0.459. The minimum Gasteiger partial charge on any atom is -0.302 e. The normalized spacial score (nSPS) is 27.5. The summed E-state index contributed by atoms with van der Waals surface area (Å²) < 4.78 is 13.0. The van der Waals surface area contributed by atoms with Gasteiger partial charge in [0.2, 0.25) is 0 Å². The van der Waals surface area contributed by atoms with E-state index in [0.717, 1.165) is 11.2 Å². The van der Waals surface area contributed by atoms with E-state index in [1.807, 2.05) is 6.92 Å². The van der Waals surface area contributed by atoms with Crippen molar-refractivity contribution in [3.63, 3.8) is 0 Å². The van der Waals surface area contributed by atoms with Gasteiger partial charge in [-0.2, -0.15) is 0 Å². The molecule has 1 heterocycles. The summed E-state index contributed by atoms with van der Waals surface area (Å²) in [6, 6.07) is 0. The molecule has 0 saturated heterocycles. The molecule has 0 saturated carbocycles. The fraction of sp³-hybridized carbons (Fsp3) is 0.300. The third kappa shape index (κ3) is 1.75. The molecule has 0 aromatic carbocycles. The average Bonchev–Trinajstić information content (AvgIpc) is 2.41. The van der Waals surface area contributed by atoms with E-state index in [1.54, 1.807) is 6.08 Å². The predicted octanol–water partition coefficient (Wildman–Crippen LogP) is 2.86. The highest BCUT2D eigenvalue weighted by atomic mass is 32.2. The number of rotatable bonds is 3. The van der Waals surface area contributed by atoms with Crippen molar-refractivity contribution in [1.29, 1.82) is 0 Å². The van der Waals surface area contributed by atoms with E-state index in [4.69, 9.17) is 0 Å². The molecular formula is C10H11FOS. The maximum Gasteiger partial charge on any atom is 0.133 e. The van der Waals surface area contributed by atoms with Crippen LogP contribution in [0.5, 0.6) is 0 Å². The highest BCUT2D eigenvalue weighted by Crippen LogP contribution is 2.44. The summed E-state index contributed by atoms with van der Waals surface area (Å²) in [5.74, 6) is -0.563. The van der Waals surface area contributed by atoms with E-state index >= 15 is 0 Å². The Morgan fingerprint density at radius 2 is 2.31 bits per heavy atom. The van der Waals surface area contributed by atoms with Gasteiger partial charge in [-0.25, -0.2) is 4.39 Å². The minimum absolute atomic E-state index is 0.104.